The highest BCUT2D eigenvalue weighted by Crippen LogP contribution is 2.13. The maximum absolute atomic E-state index is 11.9. The molecule has 0 aliphatic heterocycles. The van der Waals surface area contributed by atoms with E-state index in [1.54, 1.807) is 11.3 Å². The van der Waals surface area contributed by atoms with Gasteiger partial charge in [0.05, 0.1) is 6.54 Å². The number of carbonyl (C=O) groups is 1. The van der Waals surface area contributed by atoms with Crippen molar-refractivity contribution >= 4 is 23.1 Å². The Bertz CT molecular complexity index is 387. The quantitative estimate of drug-likeness (QED) is 0.321. The summed E-state index contributed by atoms with van der Waals surface area (Å²) in [6.45, 7) is 4.18. The largest absolute Gasteiger partial charge is 0.409 e. The predicted octanol–water partition coefficient (Wildman–Crippen LogP) is 1.38. The molecule has 1 heterocycles. The number of rotatable bonds is 5. The van der Waals surface area contributed by atoms with Gasteiger partial charge in [0, 0.05) is 4.88 Å². The van der Waals surface area contributed by atoms with Crippen molar-refractivity contribution in [3.05, 3.63) is 22.4 Å². The molecule has 1 rings (SSSR count). The molecular weight excluding hydrogens is 238 g/mol. The summed E-state index contributed by atoms with van der Waals surface area (Å²) >= 11 is 1.57. The lowest BCUT2D eigenvalue weighted by Gasteiger charge is -2.18. The van der Waals surface area contributed by atoms with E-state index in [0.717, 1.165) is 4.88 Å². The van der Waals surface area contributed by atoms with Crippen LogP contribution in [0.4, 0.5) is 0 Å². The number of nitrogens with one attached hydrogen (secondary N) is 1. The van der Waals surface area contributed by atoms with Crippen LogP contribution in [0.1, 0.15) is 18.7 Å². The van der Waals surface area contributed by atoms with Gasteiger partial charge in [-0.1, -0.05) is 25.1 Å². The lowest BCUT2D eigenvalue weighted by atomic mass is 9.94. The van der Waals surface area contributed by atoms with E-state index >= 15 is 0 Å². The Hall–Kier alpha value is -1.56. The Kier molecular flexibility index (Phi) is 4.96. The molecule has 0 saturated carbocycles. The SMILES string of the molecule is CC(C)C(C(=O)NCc1cccs1)/C(N)=N/O. The first-order chi connectivity index (χ1) is 8.06. The van der Waals surface area contributed by atoms with Gasteiger partial charge in [-0.3, -0.25) is 4.79 Å². The van der Waals surface area contributed by atoms with Gasteiger partial charge in [0.25, 0.3) is 0 Å². The number of nitrogens with zero attached hydrogens (tertiary/aromatic N) is 1. The number of thiophene rings is 1. The molecule has 0 saturated heterocycles. The summed E-state index contributed by atoms with van der Waals surface area (Å²) in [5.74, 6) is -0.887. The predicted molar refractivity (Wildman–Crippen MR) is 67.9 cm³/mol. The number of hydrogen-bond acceptors (Lipinski definition) is 4. The lowest BCUT2D eigenvalue weighted by molar-refractivity contribution is -0.124. The lowest BCUT2D eigenvalue weighted by Crippen LogP contribution is -2.41. The van der Waals surface area contributed by atoms with Gasteiger partial charge in [-0.2, -0.15) is 0 Å². The number of oxime groups is 1. The second-order valence-corrected chi connectivity index (χ2v) is 5.08. The molecule has 1 amide bonds. The first-order valence-electron chi connectivity index (χ1n) is 5.33. The summed E-state index contributed by atoms with van der Waals surface area (Å²) in [4.78, 5) is 13.0. The van der Waals surface area contributed by atoms with Gasteiger partial charge in [0.2, 0.25) is 5.91 Å². The molecule has 17 heavy (non-hydrogen) atoms. The van der Waals surface area contributed by atoms with Crippen LogP contribution in [0.5, 0.6) is 0 Å². The van der Waals surface area contributed by atoms with Gasteiger partial charge in [-0.25, -0.2) is 0 Å². The highest BCUT2D eigenvalue weighted by atomic mass is 32.1. The summed E-state index contributed by atoms with van der Waals surface area (Å²) in [5.41, 5.74) is 5.51. The van der Waals surface area contributed by atoms with Crippen molar-refractivity contribution in [1.29, 1.82) is 0 Å². The van der Waals surface area contributed by atoms with Crippen molar-refractivity contribution in [2.45, 2.75) is 20.4 Å². The van der Waals surface area contributed by atoms with E-state index < -0.39 is 5.92 Å². The van der Waals surface area contributed by atoms with Crippen LogP contribution in [0.15, 0.2) is 22.7 Å². The van der Waals surface area contributed by atoms with Gasteiger partial charge < -0.3 is 16.3 Å². The molecular formula is C11H17N3O2S. The van der Waals surface area contributed by atoms with Crippen molar-refractivity contribution in [2.75, 3.05) is 0 Å². The summed E-state index contributed by atoms with van der Waals surface area (Å²) in [7, 11) is 0. The second kappa shape index (κ2) is 6.24. The van der Waals surface area contributed by atoms with E-state index in [4.69, 9.17) is 10.9 Å². The average Bonchev–Trinajstić information content (AvgIpc) is 2.78. The Morgan fingerprint density at radius 2 is 2.35 bits per heavy atom. The third-order valence-corrected chi connectivity index (χ3v) is 3.28. The fraction of sp³-hybridized carbons (Fsp3) is 0.455. The standard InChI is InChI=1S/C11H17N3O2S/c1-7(2)9(10(12)14-16)11(15)13-6-8-4-3-5-17-8/h3-5,7,9,16H,6H2,1-2H3,(H2,12,14)(H,13,15). The Morgan fingerprint density at radius 3 is 2.82 bits per heavy atom. The van der Waals surface area contributed by atoms with Gasteiger partial charge in [0.1, 0.15) is 5.92 Å². The van der Waals surface area contributed by atoms with E-state index in [1.807, 2.05) is 31.4 Å². The Morgan fingerprint density at radius 1 is 1.65 bits per heavy atom. The molecule has 1 unspecified atom stereocenters. The molecule has 1 aromatic heterocycles. The third kappa shape index (κ3) is 3.74. The first kappa shape index (κ1) is 13.5. The van der Waals surface area contributed by atoms with Crippen molar-refractivity contribution < 1.29 is 10.0 Å². The maximum atomic E-state index is 11.9. The molecule has 1 atom stereocenters. The summed E-state index contributed by atoms with van der Waals surface area (Å²) in [5, 5.41) is 16.3. The Balaban J connectivity index is 2.60. The van der Waals surface area contributed by atoms with Crippen LogP contribution in [0, 0.1) is 11.8 Å². The minimum Gasteiger partial charge on any atom is -0.409 e. The van der Waals surface area contributed by atoms with Crippen LogP contribution in [0.3, 0.4) is 0 Å². The van der Waals surface area contributed by atoms with Crippen LogP contribution in [0.25, 0.3) is 0 Å². The van der Waals surface area contributed by atoms with Crippen LogP contribution in [-0.4, -0.2) is 17.0 Å². The van der Waals surface area contributed by atoms with Crippen LogP contribution >= 0.6 is 11.3 Å². The summed E-state index contributed by atoms with van der Waals surface area (Å²) < 4.78 is 0. The zero-order chi connectivity index (χ0) is 12.8. The number of carbonyl (C=O) groups excluding carboxylic acids is 1. The van der Waals surface area contributed by atoms with Gasteiger partial charge >= 0.3 is 0 Å². The molecule has 94 valence electrons. The van der Waals surface area contributed by atoms with Crippen molar-refractivity contribution in [2.24, 2.45) is 22.7 Å². The Labute approximate surface area is 104 Å². The highest BCUT2D eigenvalue weighted by Gasteiger charge is 2.26. The van der Waals surface area contributed by atoms with E-state index in [2.05, 4.69) is 10.5 Å². The molecule has 0 aliphatic carbocycles. The fourth-order valence-corrected chi connectivity index (χ4v) is 2.18. The monoisotopic (exact) mass is 255 g/mol. The molecule has 0 spiro atoms. The topological polar surface area (TPSA) is 87.7 Å². The molecule has 6 heteroatoms. The smallest absolute Gasteiger partial charge is 0.231 e. The number of amidine groups is 1. The maximum Gasteiger partial charge on any atom is 0.231 e. The number of hydrogen-bond donors (Lipinski definition) is 3. The molecule has 0 bridgehead atoms. The van der Waals surface area contributed by atoms with Crippen molar-refractivity contribution in [3.8, 4) is 0 Å². The number of amides is 1. The third-order valence-electron chi connectivity index (χ3n) is 2.40. The van der Waals surface area contributed by atoms with E-state index in [9.17, 15) is 4.79 Å². The van der Waals surface area contributed by atoms with Crippen LogP contribution in [0.2, 0.25) is 0 Å². The normalized spacial score (nSPS) is 13.7. The highest BCUT2D eigenvalue weighted by molar-refractivity contribution is 7.09. The first-order valence-corrected chi connectivity index (χ1v) is 6.21. The zero-order valence-electron chi connectivity index (χ0n) is 9.88. The van der Waals surface area contributed by atoms with Gasteiger partial charge in [-0.15, -0.1) is 11.3 Å². The minimum atomic E-state index is -0.597. The molecule has 0 aromatic carbocycles. The van der Waals surface area contributed by atoms with E-state index in [1.165, 1.54) is 0 Å². The zero-order valence-corrected chi connectivity index (χ0v) is 10.7. The molecule has 0 radical (unpaired) electrons. The van der Waals surface area contributed by atoms with E-state index in [0.29, 0.717) is 6.54 Å². The van der Waals surface area contributed by atoms with Gasteiger partial charge in [0.15, 0.2) is 5.84 Å². The van der Waals surface area contributed by atoms with Crippen molar-refractivity contribution in [3.63, 3.8) is 0 Å². The van der Waals surface area contributed by atoms with Gasteiger partial charge in [-0.05, 0) is 17.4 Å². The molecule has 5 nitrogen and oxygen atoms in total. The summed E-state index contributed by atoms with van der Waals surface area (Å²) in [6.07, 6.45) is 0. The minimum absolute atomic E-state index is 0.0192. The summed E-state index contributed by atoms with van der Waals surface area (Å²) in [6, 6.07) is 3.87. The molecule has 1 aromatic rings. The van der Waals surface area contributed by atoms with E-state index in [-0.39, 0.29) is 17.7 Å². The molecule has 0 fully saturated rings. The van der Waals surface area contributed by atoms with Crippen molar-refractivity contribution in [1.82, 2.24) is 5.32 Å². The van der Waals surface area contributed by atoms with Crippen LogP contribution in [-0.2, 0) is 11.3 Å². The average molecular weight is 255 g/mol. The molecule has 4 N–H and O–H groups in total. The molecule has 0 aliphatic rings. The second-order valence-electron chi connectivity index (χ2n) is 4.04. The van der Waals surface area contributed by atoms with Crippen LogP contribution < -0.4 is 11.1 Å². The number of nitrogens with two attached hydrogens (primary N) is 1. The fourth-order valence-electron chi connectivity index (χ4n) is 1.54.